The van der Waals surface area contributed by atoms with E-state index in [0.29, 0.717) is 43.1 Å². The number of nitrogens with one attached hydrogen (secondary N) is 2. The van der Waals surface area contributed by atoms with E-state index in [2.05, 4.69) is 30.6 Å². The van der Waals surface area contributed by atoms with Crippen LogP contribution in [0.25, 0.3) is 16.9 Å². The highest BCUT2D eigenvalue weighted by Gasteiger charge is 2.38. The van der Waals surface area contributed by atoms with Gasteiger partial charge in [0.15, 0.2) is 17.7 Å². The molecule has 278 valence electrons. The van der Waals surface area contributed by atoms with Crippen molar-refractivity contribution in [3.8, 4) is 11.6 Å². The van der Waals surface area contributed by atoms with Gasteiger partial charge in [0.1, 0.15) is 11.3 Å². The lowest BCUT2D eigenvalue weighted by atomic mass is 9.93. The summed E-state index contributed by atoms with van der Waals surface area (Å²) in [5, 5.41) is 44.3. The molecule has 1 atom stereocenters. The van der Waals surface area contributed by atoms with Crippen LogP contribution in [0.15, 0.2) is 55.1 Å². The normalized spacial score (nSPS) is 16.4. The largest absolute Gasteiger partial charge is 0.490 e. The van der Waals surface area contributed by atoms with Crippen LogP contribution in [0.5, 0.6) is 5.75 Å². The van der Waals surface area contributed by atoms with E-state index in [1.165, 1.54) is 0 Å². The van der Waals surface area contributed by atoms with Gasteiger partial charge in [-0.1, -0.05) is 6.07 Å². The number of hydrogen-bond donors (Lipinski definition) is 6. The molecule has 3 heterocycles. The van der Waals surface area contributed by atoms with Gasteiger partial charge in [0.05, 0.1) is 42.4 Å². The van der Waals surface area contributed by atoms with Crippen molar-refractivity contribution in [3.63, 3.8) is 0 Å². The van der Waals surface area contributed by atoms with E-state index in [0.717, 1.165) is 16.7 Å². The molecule has 4 aromatic rings. The maximum atomic E-state index is 12.5. The molecule has 1 saturated carbocycles. The summed E-state index contributed by atoms with van der Waals surface area (Å²) in [5.74, 6) is -3.29. The quantitative estimate of drug-likeness (QED) is 0.0856. The van der Waals surface area contributed by atoms with Gasteiger partial charge in [-0.2, -0.15) is 18.4 Å². The number of rotatable bonds is 13. The first-order chi connectivity index (χ1) is 23.7. The molecule has 20 heteroatoms. The van der Waals surface area contributed by atoms with Crippen molar-refractivity contribution in [2.45, 2.75) is 63.0 Å². The lowest BCUT2D eigenvalue weighted by molar-refractivity contribution is -0.239. The van der Waals surface area contributed by atoms with E-state index in [9.17, 15) is 32.7 Å². The smallest absolute Gasteiger partial charge is 0.415 e. The molecular weight excluding hydrogens is 687 g/mol. The number of pyridine rings is 1. The second-order valence-corrected chi connectivity index (χ2v) is 11.5. The van der Waals surface area contributed by atoms with E-state index in [1.807, 2.05) is 54.2 Å². The minimum absolute atomic E-state index is 0. The van der Waals surface area contributed by atoms with Crippen molar-refractivity contribution in [1.29, 1.82) is 0 Å². The number of benzene rings is 1. The molecule has 1 aliphatic rings. The number of carboxylic acids is 2. The number of halogens is 3. The van der Waals surface area contributed by atoms with Crippen LogP contribution in [0, 0.1) is 5.92 Å². The van der Waals surface area contributed by atoms with E-state index >= 15 is 0 Å². The summed E-state index contributed by atoms with van der Waals surface area (Å²) < 4.78 is 47.5. The van der Waals surface area contributed by atoms with Crippen molar-refractivity contribution in [1.82, 2.24) is 29.6 Å². The standard InChI is InChI=1S/C25H28F3N7O2.C6H8O7.H2O/c1-34-15-31-24-19(32-22-9-11-35(33-22)23-4-2-3-10-29-23)12-18(13-20(24)34)37-17-7-5-16(6-8-17)30-14-21(36)25(26,27)28;7-4(8)1-3(2-5(9)10)6(11)13-12;/h2-4,9-13,15-17,21,30,36H,5-8,14H2,1H3,(H,32,33);3,12H,1-2H2,(H,7,8)(H,9,10);1H2/t16?,17?,21-;;/m1../s1. The highest BCUT2D eigenvalue weighted by Crippen LogP contribution is 2.33. The number of aromatic nitrogens is 5. The number of hydrogen-bond acceptors (Lipinski definition) is 12. The van der Waals surface area contributed by atoms with Crippen molar-refractivity contribution in [2.75, 3.05) is 11.9 Å². The van der Waals surface area contributed by atoms with Crippen LogP contribution in [0.3, 0.4) is 0 Å². The predicted molar refractivity (Wildman–Crippen MR) is 172 cm³/mol. The summed E-state index contributed by atoms with van der Waals surface area (Å²) in [5.41, 5.74) is 2.41. The first-order valence-electron chi connectivity index (χ1n) is 15.4. The molecule has 0 spiro atoms. The van der Waals surface area contributed by atoms with Gasteiger partial charge in [0, 0.05) is 50.2 Å². The Labute approximate surface area is 287 Å². The molecular formula is C31H38F3N7O10. The van der Waals surface area contributed by atoms with Gasteiger partial charge in [-0.25, -0.2) is 19.4 Å². The number of carbonyl (C=O) groups is 3. The van der Waals surface area contributed by atoms with Crippen LogP contribution < -0.4 is 15.4 Å². The number of carbonyl (C=O) groups excluding carboxylic acids is 1. The Morgan fingerprint density at radius 2 is 1.73 bits per heavy atom. The summed E-state index contributed by atoms with van der Waals surface area (Å²) in [6.07, 6.45) is -0.422. The highest BCUT2D eigenvalue weighted by atomic mass is 19.4. The second kappa shape index (κ2) is 18.1. The molecule has 17 nitrogen and oxygen atoms in total. The van der Waals surface area contributed by atoms with Gasteiger partial charge in [-0.3, -0.25) is 9.59 Å². The Balaban J connectivity index is 0.000000430. The number of aliphatic hydroxyl groups excluding tert-OH is 1. The van der Waals surface area contributed by atoms with Crippen LogP contribution in [0.2, 0.25) is 0 Å². The Hall–Kier alpha value is -5.31. The molecule has 1 aliphatic carbocycles. The number of imidazole rings is 1. The van der Waals surface area contributed by atoms with Gasteiger partial charge in [0.25, 0.3) is 0 Å². The molecule has 51 heavy (non-hydrogen) atoms. The number of anilines is 2. The molecule has 0 amide bonds. The highest BCUT2D eigenvalue weighted by molar-refractivity contribution is 5.91. The maximum absolute atomic E-state index is 12.5. The molecule has 0 saturated heterocycles. The Bertz CT molecular complexity index is 1730. The zero-order valence-corrected chi connectivity index (χ0v) is 27.2. The van der Waals surface area contributed by atoms with E-state index < -0.39 is 55.5 Å². The molecule has 1 aromatic carbocycles. The number of nitrogens with zero attached hydrogens (tertiary/aromatic N) is 5. The molecule has 8 N–H and O–H groups in total. The minimum Gasteiger partial charge on any atom is -0.490 e. The number of fused-ring (bicyclic) bond motifs is 1. The maximum Gasteiger partial charge on any atom is 0.415 e. The van der Waals surface area contributed by atoms with Crippen molar-refractivity contribution in [3.05, 3.63) is 55.1 Å². The van der Waals surface area contributed by atoms with Crippen LogP contribution in [0.1, 0.15) is 38.5 Å². The van der Waals surface area contributed by atoms with Gasteiger partial charge >= 0.3 is 24.1 Å². The Morgan fingerprint density at radius 3 is 2.31 bits per heavy atom. The van der Waals surface area contributed by atoms with Crippen molar-refractivity contribution >= 4 is 40.4 Å². The predicted octanol–water partition coefficient (Wildman–Crippen LogP) is 2.84. The number of aliphatic carboxylic acids is 2. The van der Waals surface area contributed by atoms with E-state index in [4.69, 9.17) is 20.2 Å². The van der Waals surface area contributed by atoms with Gasteiger partial charge in [-0.05, 0) is 37.8 Å². The fraction of sp³-hybridized carbons (Fsp3) is 0.419. The summed E-state index contributed by atoms with van der Waals surface area (Å²) in [6.45, 7) is -0.498. The lowest BCUT2D eigenvalue weighted by Gasteiger charge is -2.30. The van der Waals surface area contributed by atoms with Gasteiger partial charge < -0.3 is 45.6 Å². The molecule has 3 aromatic heterocycles. The van der Waals surface area contributed by atoms with E-state index in [1.54, 1.807) is 17.2 Å². The Kier molecular flexibility index (Phi) is 14.2. The summed E-state index contributed by atoms with van der Waals surface area (Å²) in [6, 6.07) is 11.2. The third-order valence-electron chi connectivity index (χ3n) is 7.76. The van der Waals surface area contributed by atoms with Crippen LogP contribution in [-0.4, -0.2) is 99.2 Å². The van der Waals surface area contributed by atoms with E-state index in [-0.39, 0.29) is 17.6 Å². The zero-order valence-electron chi connectivity index (χ0n) is 27.2. The second-order valence-electron chi connectivity index (χ2n) is 11.5. The molecule has 0 unspecified atom stereocenters. The molecule has 1 fully saturated rings. The number of ether oxygens (including phenoxy) is 1. The fourth-order valence-corrected chi connectivity index (χ4v) is 5.22. The van der Waals surface area contributed by atoms with Crippen molar-refractivity contribution < 1.29 is 63.2 Å². The number of alkyl halides is 3. The van der Waals surface area contributed by atoms with Crippen LogP contribution >= 0.6 is 0 Å². The third kappa shape index (κ3) is 11.6. The molecule has 0 radical (unpaired) electrons. The SMILES string of the molecule is Cn1cnc2c(Nc3ccn(-c4ccccn4)n3)cc(OC3CCC(NC[C@@H](O)C(F)(F)F)CC3)cc21.O.O=C(O)CC(CC(=O)O)C(=O)OO. The van der Waals surface area contributed by atoms with Crippen molar-refractivity contribution in [2.24, 2.45) is 13.0 Å². The molecule has 5 rings (SSSR count). The fourth-order valence-electron chi connectivity index (χ4n) is 5.22. The Morgan fingerprint density at radius 1 is 1.04 bits per heavy atom. The minimum atomic E-state index is -4.61. The van der Waals surface area contributed by atoms with Crippen LogP contribution in [-0.2, 0) is 26.3 Å². The van der Waals surface area contributed by atoms with Gasteiger partial charge in [-0.15, -0.1) is 5.10 Å². The first kappa shape index (κ1) is 40.1. The number of carboxylic acid groups (broad SMARTS) is 2. The molecule has 0 aliphatic heterocycles. The monoisotopic (exact) mass is 725 g/mol. The average Bonchev–Trinajstić information content (AvgIpc) is 3.70. The van der Waals surface area contributed by atoms with Crippen LogP contribution in [0.4, 0.5) is 24.7 Å². The lowest BCUT2D eigenvalue weighted by Crippen LogP contribution is -2.44. The zero-order chi connectivity index (χ0) is 36.4. The topological polar surface area (TPSA) is 255 Å². The summed E-state index contributed by atoms with van der Waals surface area (Å²) in [4.78, 5) is 42.9. The molecule has 0 bridgehead atoms. The van der Waals surface area contributed by atoms with Gasteiger partial charge in [0.2, 0.25) is 0 Å². The number of aryl methyl sites for hydroxylation is 1. The number of aliphatic hydroxyl groups is 1. The third-order valence-corrected chi connectivity index (χ3v) is 7.76. The first-order valence-corrected chi connectivity index (χ1v) is 15.4. The average molecular weight is 726 g/mol. The summed E-state index contributed by atoms with van der Waals surface area (Å²) in [7, 11) is 1.91. The summed E-state index contributed by atoms with van der Waals surface area (Å²) >= 11 is 0.